The molecule has 2 aromatic heterocycles. The zero-order valence-electron chi connectivity index (χ0n) is 15.9. The van der Waals surface area contributed by atoms with Gasteiger partial charge in [0, 0.05) is 19.2 Å². The summed E-state index contributed by atoms with van der Waals surface area (Å²) in [6.45, 7) is 5.75. The molecule has 1 aromatic carbocycles. The van der Waals surface area contributed by atoms with Crippen molar-refractivity contribution in [2.24, 2.45) is 0 Å². The monoisotopic (exact) mass is 366 g/mol. The van der Waals surface area contributed by atoms with Crippen molar-refractivity contribution < 1.29 is 4.79 Å². The van der Waals surface area contributed by atoms with Crippen molar-refractivity contribution in [3.05, 3.63) is 41.9 Å². The summed E-state index contributed by atoms with van der Waals surface area (Å²) < 4.78 is 1.86. The van der Waals surface area contributed by atoms with Crippen LogP contribution in [0.1, 0.15) is 50.0 Å². The van der Waals surface area contributed by atoms with Gasteiger partial charge in [-0.25, -0.2) is 14.5 Å². The van der Waals surface area contributed by atoms with E-state index in [1.54, 1.807) is 6.20 Å². The van der Waals surface area contributed by atoms with E-state index in [0.717, 1.165) is 67.0 Å². The molecule has 1 aliphatic rings. The van der Waals surface area contributed by atoms with Crippen LogP contribution >= 0.6 is 0 Å². The number of nitrogens with one attached hydrogen (secondary N) is 2. The van der Waals surface area contributed by atoms with E-state index in [1.807, 2.05) is 27.8 Å². The highest BCUT2D eigenvalue weighted by molar-refractivity contribution is 5.89. The van der Waals surface area contributed by atoms with E-state index in [1.165, 1.54) is 0 Å². The molecule has 0 spiro atoms. The Labute approximate surface area is 158 Å². The third-order valence-corrected chi connectivity index (χ3v) is 5.24. The van der Waals surface area contributed by atoms with Gasteiger partial charge < -0.3 is 9.88 Å². The minimum Gasteiger partial charge on any atom is -0.340 e. The lowest BCUT2D eigenvalue weighted by Crippen LogP contribution is -2.35. The second-order valence-electron chi connectivity index (χ2n) is 7.17. The Morgan fingerprint density at radius 1 is 1.37 bits per heavy atom. The number of anilines is 1. The van der Waals surface area contributed by atoms with Crippen LogP contribution in [0.4, 0.5) is 10.6 Å². The fraction of sp³-hybridized carbons (Fsp3) is 0.450. The van der Waals surface area contributed by atoms with Crippen LogP contribution in [0.15, 0.2) is 30.5 Å². The van der Waals surface area contributed by atoms with Crippen LogP contribution in [0.5, 0.6) is 0 Å². The van der Waals surface area contributed by atoms with E-state index in [9.17, 15) is 4.79 Å². The molecule has 0 radical (unpaired) electrons. The number of nitrogens with zero attached hydrogens (tertiary/aromatic N) is 4. The third-order valence-electron chi connectivity index (χ3n) is 5.24. The molecule has 2 amide bonds. The minimum atomic E-state index is -0.0899. The zero-order valence-corrected chi connectivity index (χ0v) is 15.9. The Morgan fingerprint density at radius 3 is 3.07 bits per heavy atom. The first-order valence-corrected chi connectivity index (χ1v) is 9.72. The van der Waals surface area contributed by atoms with E-state index in [-0.39, 0.29) is 12.1 Å². The number of fused-ring (bicyclic) bond motifs is 1. The largest absolute Gasteiger partial charge is 0.340 e. The van der Waals surface area contributed by atoms with Crippen LogP contribution < -0.4 is 5.32 Å². The Kier molecular flexibility index (Phi) is 4.83. The van der Waals surface area contributed by atoms with Gasteiger partial charge in [-0.05, 0) is 37.8 Å². The number of H-pyrrole nitrogens is 1. The van der Waals surface area contributed by atoms with Crippen molar-refractivity contribution in [1.29, 1.82) is 0 Å². The van der Waals surface area contributed by atoms with E-state index in [2.05, 4.69) is 35.3 Å². The van der Waals surface area contributed by atoms with Gasteiger partial charge >= 0.3 is 6.03 Å². The van der Waals surface area contributed by atoms with Crippen molar-refractivity contribution >= 4 is 22.9 Å². The molecule has 4 rings (SSSR count). The van der Waals surface area contributed by atoms with Crippen molar-refractivity contribution in [2.45, 2.75) is 52.1 Å². The van der Waals surface area contributed by atoms with Gasteiger partial charge in [-0.1, -0.05) is 25.5 Å². The van der Waals surface area contributed by atoms with Gasteiger partial charge in [0.05, 0.1) is 23.3 Å². The number of aromatic amines is 1. The summed E-state index contributed by atoms with van der Waals surface area (Å²) in [6, 6.07) is 7.85. The lowest BCUT2D eigenvalue weighted by Gasteiger charge is -2.23. The van der Waals surface area contributed by atoms with E-state index < -0.39 is 0 Å². The quantitative estimate of drug-likeness (QED) is 0.709. The molecule has 3 heterocycles. The molecule has 2 N–H and O–H groups in total. The van der Waals surface area contributed by atoms with Gasteiger partial charge in [-0.2, -0.15) is 5.10 Å². The molecule has 1 saturated heterocycles. The average Bonchev–Trinajstić information content (AvgIpc) is 3.39. The number of hydrogen-bond acceptors (Lipinski definition) is 3. The zero-order chi connectivity index (χ0) is 18.8. The molecule has 1 aliphatic heterocycles. The van der Waals surface area contributed by atoms with Crippen molar-refractivity contribution in [1.82, 2.24) is 24.6 Å². The van der Waals surface area contributed by atoms with E-state index >= 15 is 0 Å². The topological polar surface area (TPSA) is 78.8 Å². The number of urea groups is 1. The molecule has 0 aliphatic carbocycles. The fourth-order valence-corrected chi connectivity index (χ4v) is 3.75. The van der Waals surface area contributed by atoms with Gasteiger partial charge in [-0.15, -0.1) is 0 Å². The second kappa shape index (κ2) is 7.42. The second-order valence-corrected chi connectivity index (χ2v) is 7.17. The normalized spacial score (nSPS) is 17.0. The van der Waals surface area contributed by atoms with Crippen LogP contribution in [-0.2, 0) is 6.54 Å². The number of benzene rings is 1. The van der Waals surface area contributed by atoms with Crippen molar-refractivity contribution in [2.75, 3.05) is 11.9 Å². The number of aromatic nitrogens is 4. The predicted octanol–water partition coefficient (Wildman–Crippen LogP) is 4.24. The first-order chi connectivity index (χ1) is 13.2. The van der Waals surface area contributed by atoms with Gasteiger partial charge in [-0.3, -0.25) is 5.32 Å². The summed E-state index contributed by atoms with van der Waals surface area (Å²) >= 11 is 0. The number of carbonyl (C=O) groups is 1. The number of amides is 2. The standard InChI is InChI=1S/C20H26N6O/c1-3-4-13-26-17(10-11-21-26)23-20(27)25-12-6-9-16(25)19-22-15-8-5-7-14(2)18(15)24-19/h5,7-8,10-11,16H,3-4,6,9,12-13H2,1-2H3,(H,22,24)(H,23,27). The lowest BCUT2D eigenvalue weighted by molar-refractivity contribution is 0.205. The maximum absolute atomic E-state index is 12.9. The first kappa shape index (κ1) is 17.6. The average molecular weight is 366 g/mol. The number of likely N-dealkylation sites (tertiary alicyclic amines) is 1. The fourth-order valence-electron chi connectivity index (χ4n) is 3.75. The Morgan fingerprint density at radius 2 is 2.26 bits per heavy atom. The smallest absolute Gasteiger partial charge is 0.323 e. The van der Waals surface area contributed by atoms with E-state index in [0.29, 0.717) is 0 Å². The molecular weight excluding hydrogens is 340 g/mol. The number of imidazole rings is 1. The maximum Gasteiger partial charge on any atom is 0.323 e. The Bertz CT molecular complexity index is 943. The summed E-state index contributed by atoms with van der Waals surface area (Å²) in [7, 11) is 0. The van der Waals surface area contributed by atoms with Gasteiger partial charge in [0.2, 0.25) is 0 Å². The van der Waals surface area contributed by atoms with Gasteiger partial charge in [0.15, 0.2) is 0 Å². The Hall–Kier alpha value is -2.83. The van der Waals surface area contributed by atoms with Crippen LogP contribution in [0.3, 0.4) is 0 Å². The van der Waals surface area contributed by atoms with Crippen LogP contribution in [-0.4, -0.2) is 37.2 Å². The number of hydrogen-bond donors (Lipinski definition) is 2. The number of rotatable bonds is 5. The minimum absolute atomic E-state index is 0.0242. The molecule has 142 valence electrons. The molecule has 3 aromatic rings. The summed E-state index contributed by atoms with van der Waals surface area (Å²) in [5.74, 6) is 1.62. The third kappa shape index (κ3) is 3.41. The number of aryl methyl sites for hydroxylation is 2. The number of carbonyl (C=O) groups excluding carboxylic acids is 1. The SMILES string of the molecule is CCCCn1nccc1NC(=O)N1CCCC1c1nc2c(C)cccc2[nH]1. The molecule has 7 nitrogen and oxygen atoms in total. The molecule has 0 bridgehead atoms. The number of para-hydroxylation sites is 1. The summed E-state index contributed by atoms with van der Waals surface area (Å²) in [6.07, 6.45) is 5.75. The van der Waals surface area contributed by atoms with Gasteiger partial charge in [0.1, 0.15) is 11.6 Å². The highest BCUT2D eigenvalue weighted by atomic mass is 16.2. The molecule has 1 atom stereocenters. The van der Waals surface area contributed by atoms with Gasteiger partial charge in [0.25, 0.3) is 0 Å². The Balaban J connectivity index is 1.53. The molecule has 1 unspecified atom stereocenters. The summed E-state index contributed by atoms with van der Waals surface area (Å²) in [4.78, 5) is 23.0. The lowest BCUT2D eigenvalue weighted by atomic mass is 10.2. The summed E-state index contributed by atoms with van der Waals surface area (Å²) in [5, 5.41) is 7.35. The van der Waals surface area contributed by atoms with Crippen molar-refractivity contribution in [3.63, 3.8) is 0 Å². The predicted molar refractivity (Wildman–Crippen MR) is 106 cm³/mol. The maximum atomic E-state index is 12.9. The molecular formula is C20H26N6O. The molecule has 0 saturated carbocycles. The molecule has 1 fully saturated rings. The molecule has 7 heteroatoms. The highest BCUT2D eigenvalue weighted by Gasteiger charge is 2.32. The van der Waals surface area contributed by atoms with Crippen LogP contribution in [0, 0.1) is 6.92 Å². The molecule has 27 heavy (non-hydrogen) atoms. The highest BCUT2D eigenvalue weighted by Crippen LogP contribution is 2.32. The first-order valence-electron chi connectivity index (χ1n) is 9.72. The van der Waals surface area contributed by atoms with Crippen LogP contribution in [0.2, 0.25) is 0 Å². The number of unbranched alkanes of at least 4 members (excludes halogenated alkanes) is 1. The summed E-state index contributed by atoms with van der Waals surface area (Å²) in [5.41, 5.74) is 3.15. The van der Waals surface area contributed by atoms with Crippen molar-refractivity contribution in [3.8, 4) is 0 Å². The van der Waals surface area contributed by atoms with E-state index in [4.69, 9.17) is 4.98 Å². The van der Waals surface area contributed by atoms with Crippen LogP contribution in [0.25, 0.3) is 11.0 Å².